The Morgan fingerprint density at radius 1 is 1.07 bits per heavy atom. The molecule has 0 spiro atoms. The van der Waals surface area contributed by atoms with Gasteiger partial charge in [0.05, 0.1) is 11.0 Å². The second kappa shape index (κ2) is 8.05. The van der Waals surface area contributed by atoms with E-state index in [0.29, 0.717) is 19.1 Å². The van der Waals surface area contributed by atoms with Crippen molar-refractivity contribution in [1.29, 1.82) is 0 Å². The molecule has 28 heavy (non-hydrogen) atoms. The Morgan fingerprint density at radius 3 is 2.50 bits per heavy atom. The molecule has 1 saturated heterocycles. The number of aromatic nitrogens is 2. The van der Waals surface area contributed by atoms with Crippen molar-refractivity contribution in [3.8, 4) is 5.75 Å². The summed E-state index contributed by atoms with van der Waals surface area (Å²) in [6.07, 6.45) is 2.19. The maximum Gasteiger partial charge on any atom is 0.242 e. The second-order valence-electron chi connectivity index (χ2n) is 7.70. The quantitative estimate of drug-likeness (QED) is 0.641. The molecule has 0 bridgehead atoms. The Bertz CT molecular complexity index is 954. The van der Waals surface area contributed by atoms with Crippen LogP contribution in [0.5, 0.6) is 5.75 Å². The minimum Gasteiger partial charge on any atom is -0.486 e. The van der Waals surface area contributed by atoms with E-state index in [-0.39, 0.29) is 5.91 Å². The van der Waals surface area contributed by atoms with Gasteiger partial charge in [-0.1, -0.05) is 38.1 Å². The molecular weight excluding hydrogens is 350 g/mol. The summed E-state index contributed by atoms with van der Waals surface area (Å²) >= 11 is 0. The number of hydrogen-bond acceptors (Lipinski definition) is 3. The van der Waals surface area contributed by atoms with Crippen molar-refractivity contribution in [3.63, 3.8) is 0 Å². The Hall–Kier alpha value is -2.82. The summed E-state index contributed by atoms with van der Waals surface area (Å²) in [6, 6.07) is 16.1. The molecule has 0 N–H and O–H groups in total. The highest BCUT2D eigenvalue weighted by Gasteiger charge is 2.21. The largest absolute Gasteiger partial charge is 0.486 e. The molecule has 4 rings (SSSR count). The molecule has 5 heteroatoms. The van der Waals surface area contributed by atoms with E-state index < -0.39 is 0 Å². The fraction of sp³-hybridized carbons (Fsp3) is 0.391. The highest BCUT2D eigenvalue weighted by atomic mass is 16.5. The topological polar surface area (TPSA) is 47.4 Å². The zero-order valence-electron chi connectivity index (χ0n) is 16.6. The van der Waals surface area contributed by atoms with Crippen LogP contribution < -0.4 is 4.74 Å². The summed E-state index contributed by atoms with van der Waals surface area (Å²) in [4.78, 5) is 19.4. The minimum atomic E-state index is 0.156. The van der Waals surface area contributed by atoms with Gasteiger partial charge in [0, 0.05) is 13.1 Å². The second-order valence-corrected chi connectivity index (χ2v) is 7.70. The zero-order valence-corrected chi connectivity index (χ0v) is 16.6. The Balaban J connectivity index is 1.54. The van der Waals surface area contributed by atoms with Gasteiger partial charge in [-0.25, -0.2) is 4.98 Å². The van der Waals surface area contributed by atoms with Crippen LogP contribution in [0.2, 0.25) is 0 Å². The van der Waals surface area contributed by atoms with Gasteiger partial charge < -0.3 is 14.2 Å². The van der Waals surface area contributed by atoms with Crippen molar-refractivity contribution >= 4 is 16.9 Å². The smallest absolute Gasteiger partial charge is 0.242 e. The number of ether oxygens (including phenoxy) is 1. The molecule has 0 atom stereocenters. The van der Waals surface area contributed by atoms with E-state index in [2.05, 4.69) is 26.0 Å². The van der Waals surface area contributed by atoms with Crippen LogP contribution in [0.15, 0.2) is 48.5 Å². The van der Waals surface area contributed by atoms with Crippen molar-refractivity contribution in [2.45, 2.75) is 45.8 Å². The number of imidazole rings is 1. The maximum absolute atomic E-state index is 12.7. The van der Waals surface area contributed by atoms with Gasteiger partial charge >= 0.3 is 0 Å². The highest BCUT2D eigenvalue weighted by Crippen LogP contribution is 2.21. The number of hydrogen-bond donors (Lipinski definition) is 0. The summed E-state index contributed by atoms with van der Waals surface area (Å²) < 4.78 is 7.99. The van der Waals surface area contributed by atoms with Crippen LogP contribution in [0, 0.1) is 0 Å². The van der Waals surface area contributed by atoms with Gasteiger partial charge in [0.1, 0.15) is 24.7 Å². The Kier molecular flexibility index (Phi) is 5.33. The van der Waals surface area contributed by atoms with Crippen LogP contribution in [-0.4, -0.2) is 33.4 Å². The van der Waals surface area contributed by atoms with Crippen LogP contribution in [0.3, 0.4) is 0 Å². The van der Waals surface area contributed by atoms with E-state index in [9.17, 15) is 4.79 Å². The zero-order chi connectivity index (χ0) is 19.5. The molecule has 0 aliphatic carbocycles. The molecule has 1 amide bonds. The lowest BCUT2D eigenvalue weighted by Gasteiger charge is -2.17. The van der Waals surface area contributed by atoms with E-state index >= 15 is 0 Å². The molecule has 5 nitrogen and oxygen atoms in total. The van der Waals surface area contributed by atoms with Crippen molar-refractivity contribution in [3.05, 3.63) is 59.9 Å². The van der Waals surface area contributed by atoms with Crippen LogP contribution in [-0.2, 0) is 17.9 Å². The Labute approximate surface area is 165 Å². The molecule has 1 aliphatic heterocycles. The van der Waals surface area contributed by atoms with E-state index in [0.717, 1.165) is 48.5 Å². The third kappa shape index (κ3) is 3.88. The van der Waals surface area contributed by atoms with Gasteiger partial charge in [-0.15, -0.1) is 0 Å². The predicted octanol–water partition coefficient (Wildman–Crippen LogP) is 4.36. The number of nitrogens with zero attached hydrogens (tertiary/aromatic N) is 3. The van der Waals surface area contributed by atoms with Crippen molar-refractivity contribution in [2.24, 2.45) is 0 Å². The van der Waals surface area contributed by atoms with E-state index in [4.69, 9.17) is 9.72 Å². The summed E-state index contributed by atoms with van der Waals surface area (Å²) in [5, 5.41) is 0. The van der Waals surface area contributed by atoms with Crippen LogP contribution in [0.25, 0.3) is 11.0 Å². The molecule has 146 valence electrons. The molecular formula is C23H27N3O2. The first kappa shape index (κ1) is 18.5. The average molecular weight is 377 g/mol. The molecule has 3 aromatic rings. The van der Waals surface area contributed by atoms with Crippen LogP contribution in [0.1, 0.15) is 44.0 Å². The lowest BCUT2D eigenvalue weighted by molar-refractivity contribution is -0.130. The van der Waals surface area contributed by atoms with Gasteiger partial charge in [-0.2, -0.15) is 0 Å². The normalized spacial score (nSPS) is 14.2. The molecule has 1 fully saturated rings. The number of fused-ring (bicyclic) bond motifs is 1. The predicted molar refractivity (Wildman–Crippen MR) is 110 cm³/mol. The number of carbonyl (C=O) groups excluding carboxylic acids is 1. The molecule has 1 aliphatic rings. The molecule has 1 aromatic heterocycles. The summed E-state index contributed by atoms with van der Waals surface area (Å²) in [5.74, 6) is 2.24. The lowest BCUT2D eigenvalue weighted by Crippen LogP contribution is -2.31. The lowest BCUT2D eigenvalue weighted by atomic mass is 10.0. The molecule has 0 unspecified atom stereocenters. The van der Waals surface area contributed by atoms with E-state index in [1.165, 1.54) is 5.56 Å². The average Bonchev–Trinajstić information content (AvgIpc) is 3.35. The van der Waals surface area contributed by atoms with Gasteiger partial charge in [0.25, 0.3) is 0 Å². The molecule has 2 aromatic carbocycles. The number of rotatable bonds is 6. The molecule has 0 saturated carbocycles. The summed E-state index contributed by atoms with van der Waals surface area (Å²) in [6.45, 7) is 6.72. The number of benzene rings is 2. The maximum atomic E-state index is 12.7. The fourth-order valence-corrected chi connectivity index (χ4v) is 3.71. The number of likely N-dealkylation sites (tertiary alicyclic amines) is 1. The summed E-state index contributed by atoms with van der Waals surface area (Å²) in [5.41, 5.74) is 3.16. The van der Waals surface area contributed by atoms with Crippen molar-refractivity contribution < 1.29 is 9.53 Å². The molecule has 0 radical (unpaired) electrons. The number of para-hydroxylation sites is 2. The third-order valence-electron chi connectivity index (χ3n) is 5.40. The van der Waals surface area contributed by atoms with Gasteiger partial charge in [-0.3, -0.25) is 4.79 Å². The monoisotopic (exact) mass is 377 g/mol. The van der Waals surface area contributed by atoms with Gasteiger partial charge in [0.15, 0.2) is 0 Å². The first-order valence-electron chi connectivity index (χ1n) is 10.1. The SMILES string of the molecule is CC(C)c1ccc(OCc2nc3ccccc3n2CC(=O)N2CCCC2)cc1. The first-order chi connectivity index (χ1) is 13.6. The van der Waals surface area contributed by atoms with Crippen LogP contribution in [0.4, 0.5) is 0 Å². The fourth-order valence-electron chi connectivity index (χ4n) is 3.71. The Morgan fingerprint density at radius 2 is 1.79 bits per heavy atom. The number of amides is 1. The van der Waals surface area contributed by atoms with Gasteiger partial charge in [-0.05, 0) is 48.6 Å². The standard InChI is InChI=1S/C23H27N3O2/c1-17(2)18-9-11-19(12-10-18)28-16-22-24-20-7-3-4-8-21(20)26(22)15-23(27)25-13-5-6-14-25/h3-4,7-12,17H,5-6,13-16H2,1-2H3. The van der Waals surface area contributed by atoms with Crippen LogP contribution >= 0.6 is 0 Å². The minimum absolute atomic E-state index is 0.156. The van der Waals surface area contributed by atoms with E-state index in [1.54, 1.807) is 0 Å². The van der Waals surface area contributed by atoms with Crippen molar-refractivity contribution in [1.82, 2.24) is 14.5 Å². The van der Waals surface area contributed by atoms with E-state index in [1.807, 2.05) is 45.9 Å². The summed E-state index contributed by atoms with van der Waals surface area (Å²) in [7, 11) is 0. The van der Waals surface area contributed by atoms with Crippen molar-refractivity contribution in [2.75, 3.05) is 13.1 Å². The third-order valence-corrected chi connectivity index (χ3v) is 5.40. The number of carbonyl (C=O) groups is 1. The first-order valence-corrected chi connectivity index (χ1v) is 10.1. The molecule has 2 heterocycles. The highest BCUT2D eigenvalue weighted by molar-refractivity contribution is 5.81. The van der Waals surface area contributed by atoms with Gasteiger partial charge in [0.2, 0.25) is 5.91 Å².